The molecule has 0 saturated carbocycles. The van der Waals surface area contributed by atoms with Crippen LogP contribution < -0.4 is 16.2 Å². The molecule has 2 aromatic carbocycles. The van der Waals surface area contributed by atoms with Crippen LogP contribution in [0.15, 0.2) is 54.9 Å². The number of hydrazine groups is 1. The first-order chi connectivity index (χ1) is 14.9. The average Bonchev–Trinajstić information content (AvgIpc) is 2.77. The number of carbonyl (C=O) groups excluding carboxylic acids is 1. The molecule has 12 heteroatoms. The van der Waals surface area contributed by atoms with Crippen LogP contribution in [-0.2, 0) is 6.42 Å². The van der Waals surface area contributed by atoms with E-state index in [9.17, 15) is 25.0 Å². The summed E-state index contributed by atoms with van der Waals surface area (Å²) in [4.78, 5) is 41.2. The highest BCUT2D eigenvalue weighted by molar-refractivity contribution is 5.95. The van der Waals surface area contributed by atoms with E-state index in [4.69, 9.17) is 0 Å². The largest absolute Gasteiger partial charge is 0.355 e. The van der Waals surface area contributed by atoms with E-state index in [2.05, 4.69) is 26.1 Å². The monoisotopic (exact) mass is 423 g/mol. The van der Waals surface area contributed by atoms with Gasteiger partial charge in [0.1, 0.15) is 6.33 Å². The lowest BCUT2D eigenvalue weighted by atomic mass is 10.1. The quantitative estimate of drug-likeness (QED) is 0.364. The van der Waals surface area contributed by atoms with E-state index < -0.39 is 21.4 Å². The Hall–Kier alpha value is -4.61. The molecule has 0 radical (unpaired) electrons. The second-order valence-electron chi connectivity index (χ2n) is 6.24. The van der Waals surface area contributed by atoms with Gasteiger partial charge in [-0.25, -0.2) is 9.97 Å². The molecule has 158 valence electrons. The summed E-state index contributed by atoms with van der Waals surface area (Å²) in [5, 5.41) is 25.3. The van der Waals surface area contributed by atoms with Crippen LogP contribution in [0.2, 0.25) is 0 Å². The van der Waals surface area contributed by atoms with Crippen LogP contribution in [0.4, 0.5) is 28.7 Å². The molecule has 0 unspecified atom stereocenters. The minimum atomic E-state index is -0.735. The van der Waals surface area contributed by atoms with Crippen molar-refractivity contribution in [3.05, 3.63) is 86.2 Å². The van der Waals surface area contributed by atoms with E-state index in [0.717, 1.165) is 24.4 Å². The van der Waals surface area contributed by atoms with Gasteiger partial charge in [-0.2, -0.15) is 0 Å². The minimum absolute atomic E-state index is 0.00669. The first kappa shape index (κ1) is 21.1. The first-order valence-electron chi connectivity index (χ1n) is 9.05. The van der Waals surface area contributed by atoms with Gasteiger partial charge >= 0.3 is 5.69 Å². The number of nitrogens with one attached hydrogen (secondary N) is 3. The maximum atomic E-state index is 12.3. The zero-order chi connectivity index (χ0) is 22.4. The van der Waals surface area contributed by atoms with Crippen molar-refractivity contribution in [2.75, 3.05) is 10.7 Å². The molecule has 0 aliphatic carbocycles. The molecule has 3 rings (SSSR count). The maximum absolute atomic E-state index is 12.3. The number of amides is 1. The molecule has 0 saturated heterocycles. The SMILES string of the molecule is CCc1ccc(Nc2ncnc(NNC(=O)c3cccc([N+](=O)[O-])c3)c2[N+](=O)[O-])cc1. The zero-order valence-electron chi connectivity index (χ0n) is 16.2. The third kappa shape index (κ3) is 5.06. The Bertz CT molecular complexity index is 1130. The fourth-order valence-electron chi connectivity index (χ4n) is 2.64. The van der Waals surface area contributed by atoms with Crippen LogP contribution in [0.3, 0.4) is 0 Å². The Kier molecular flexibility index (Phi) is 6.30. The van der Waals surface area contributed by atoms with Crippen molar-refractivity contribution < 1.29 is 14.6 Å². The van der Waals surface area contributed by atoms with Gasteiger partial charge in [-0.15, -0.1) is 0 Å². The molecule has 1 amide bonds. The molecule has 1 heterocycles. The smallest absolute Gasteiger partial charge is 0.334 e. The molecule has 0 atom stereocenters. The van der Waals surface area contributed by atoms with Gasteiger partial charge in [0, 0.05) is 23.4 Å². The Balaban J connectivity index is 1.80. The van der Waals surface area contributed by atoms with Crippen molar-refractivity contribution in [2.24, 2.45) is 0 Å². The van der Waals surface area contributed by atoms with Gasteiger partial charge in [-0.05, 0) is 30.2 Å². The molecule has 0 aliphatic heterocycles. The summed E-state index contributed by atoms with van der Waals surface area (Å²) in [5.41, 5.74) is 5.57. The molecule has 12 nitrogen and oxygen atoms in total. The van der Waals surface area contributed by atoms with Crippen molar-refractivity contribution in [1.82, 2.24) is 15.4 Å². The number of non-ortho nitro benzene ring substituents is 1. The number of benzene rings is 2. The fourth-order valence-corrected chi connectivity index (χ4v) is 2.64. The van der Waals surface area contributed by atoms with Crippen molar-refractivity contribution >= 4 is 34.6 Å². The van der Waals surface area contributed by atoms with E-state index in [1.807, 2.05) is 19.1 Å². The van der Waals surface area contributed by atoms with E-state index in [0.29, 0.717) is 5.69 Å². The number of nitro benzene ring substituents is 1. The fraction of sp³-hybridized carbons (Fsp3) is 0.105. The van der Waals surface area contributed by atoms with E-state index >= 15 is 0 Å². The van der Waals surface area contributed by atoms with Gasteiger partial charge in [0.15, 0.2) is 0 Å². The van der Waals surface area contributed by atoms with E-state index in [1.54, 1.807) is 12.1 Å². The van der Waals surface area contributed by atoms with Crippen LogP contribution in [0.5, 0.6) is 0 Å². The lowest BCUT2D eigenvalue weighted by Gasteiger charge is -2.11. The van der Waals surface area contributed by atoms with Crippen molar-refractivity contribution in [2.45, 2.75) is 13.3 Å². The maximum Gasteiger partial charge on any atom is 0.355 e. The summed E-state index contributed by atoms with van der Waals surface area (Å²) in [7, 11) is 0. The number of nitrogens with zero attached hydrogens (tertiary/aromatic N) is 4. The summed E-state index contributed by atoms with van der Waals surface area (Å²) in [6, 6.07) is 12.3. The number of aromatic nitrogens is 2. The number of rotatable bonds is 8. The van der Waals surface area contributed by atoms with Crippen LogP contribution in [-0.4, -0.2) is 25.7 Å². The lowest BCUT2D eigenvalue weighted by molar-refractivity contribution is -0.384. The number of hydrogen-bond acceptors (Lipinski definition) is 9. The Morgan fingerprint density at radius 2 is 1.71 bits per heavy atom. The van der Waals surface area contributed by atoms with Crippen molar-refractivity contribution in [1.29, 1.82) is 0 Å². The van der Waals surface area contributed by atoms with Crippen LogP contribution in [0.25, 0.3) is 0 Å². The number of carbonyl (C=O) groups is 1. The molecule has 0 spiro atoms. The third-order valence-corrected chi connectivity index (χ3v) is 4.24. The topological polar surface area (TPSA) is 165 Å². The summed E-state index contributed by atoms with van der Waals surface area (Å²) >= 11 is 0. The lowest BCUT2D eigenvalue weighted by Crippen LogP contribution is -2.30. The molecule has 0 fully saturated rings. The molecule has 3 N–H and O–H groups in total. The predicted octanol–water partition coefficient (Wildman–Crippen LogP) is 3.36. The Morgan fingerprint density at radius 1 is 1.00 bits per heavy atom. The summed E-state index contributed by atoms with van der Waals surface area (Å²) in [6.45, 7) is 2.01. The standard InChI is InChI=1S/C19H17N7O5/c1-2-12-6-8-14(9-7-12)22-17-16(26(30)31)18(21-11-20-17)23-24-19(27)13-4-3-5-15(10-13)25(28)29/h3-11H,2H2,1H3,(H,24,27)(H2,20,21,22,23). The molecular weight excluding hydrogens is 406 g/mol. The van der Waals surface area contributed by atoms with Crippen LogP contribution >= 0.6 is 0 Å². The van der Waals surface area contributed by atoms with Crippen molar-refractivity contribution in [3.63, 3.8) is 0 Å². The number of nitro groups is 2. The summed E-state index contributed by atoms with van der Waals surface area (Å²) in [6.07, 6.45) is 1.95. The third-order valence-electron chi connectivity index (χ3n) is 4.24. The van der Waals surface area contributed by atoms with Crippen LogP contribution in [0, 0.1) is 20.2 Å². The second kappa shape index (κ2) is 9.26. The highest BCUT2D eigenvalue weighted by Gasteiger charge is 2.24. The molecule has 0 bridgehead atoms. The normalized spacial score (nSPS) is 10.2. The number of anilines is 3. The molecule has 31 heavy (non-hydrogen) atoms. The van der Waals surface area contributed by atoms with Gasteiger partial charge in [-0.1, -0.05) is 25.1 Å². The van der Waals surface area contributed by atoms with E-state index in [-0.39, 0.29) is 22.9 Å². The highest BCUT2D eigenvalue weighted by atomic mass is 16.6. The minimum Gasteiger partial charge on any atom is -0.334 e. The van der Waals surface area contributed by atoms with Gasteiger partial charge in [0.25, 0.3) is 11.6 Å². The Morgan fingerprint density at radius 3 is 2.35 bits per heavy atom. The zero-order valence-corrected chi connectivity index (χ0v) is 16.2. The summed E-state index contributed by atoms with van der Waals surface area (Å²) < 4.78 is 0. The second-order valence-corrected chi connectivity index (χ2v) is 6.24. The van der Waals surface area contributed by atoms with Crippen molar-refractivity contribution in [3.8, 4) is 0 Å². The number of hydrogen-bond donors (Lipinski definition) is 3. The molecule has 0 aliphatic rings. The highest BCUT2D eigenvalue weighted by Crippen LogP contribution is 2.30. The molecule has 1 aromatic heterocycles. The van der Waals surface area contributed by atoms with Gasteiger partial charge < -0.3 is 5.32 Å². The molecule has 3 aromatic rings. The molecular formula is C19H17N7O5. The predicted molar refractivity (Wildman–Crippen MR) is 112 cm³/mol. The average molecular weight is 423 g/mol. The van der Waals surface area contributed by atoms with Gasteiger partial charge in [0.05, 0.1) is 9.85 Å². The summed E-state index contributed by atoms with van der Waals surface area (Å²) in [5.74, 6) is -1.07. The van der Waals surface area contributed by atoms with Gasteiger partial charge in [-0.3, -0.25) is 35.9 Å². The Labute approximate surface area is 175 Å². The van der Waals surface area contributed by atoms with Gasteiger partial charge in [0.2, 0.25) is 11.6 Å². The van der Waals surface area contributed by atoms with E-state index in [1.165, 1.54) is 18.2 Å². The van der Waals surface area contributed by atoms with Crippen LogP contribution in [0.1, 0.15) is 22.8 Å². The first-order valence-corrected chi connectivity index (χ1v) is 9.05. The number of aryl methyl sites for hydroxylation is 1.